The van der Waals surface area contributed by atoms with Crippen LogP contribution in [0.3, 0.4) is 0 Å². The lowest BCUT2D eigenvalue weighted by molar-refractivity contribution is -0.144. The van der Waals surface area contributed by atoms with Gasteiger partial charge in [-0.15, -0.1) is 0 Å². The molecule has 0 fully saturated rings. The minimum absolute atomic E-state index is 0.0215. The molecule has 0 radical (unpaired) electrons. The molecule has 1 atom stereocenters. The molecule has 0 aliphatic rings. The second-order valence-electron chi connectivity index (χ2n) is 4.36. The maximum Gasteiger partial charge on any atom is 0.305 e. The highest BCUT2D eigenvalue weighted by Crippen LogP contribution is 2.14. The van der Waals surface area contributed by atoms with Crippen LogP contribution in [0.15, 0.2) is 0 Å². The van der Waals surface area contributed by atoms with E-state index < -0.39 is 0 Å². The Labute approximate surface area is 94.4 Å². The lowest BCUT2D eigenvalue weighted by Crippen LogP contribution is -2.07. The molecule has 0 spiro atoms. The zero-order chi connectivity index (χ0) is 11.5. The van der Waals surface area contributed by atoms with E-state index in [0.717, 1.165) is 19.3 Å². The molecule has 0 aromatic carbocycles. The van der Waals surface area contributed by atoms with Crippen molar-refractivity contribution in [1.29, 1.82) is 0 Å². The Balaban J connectivity index is 3.36. The maximum atomic E-state index is 11.3. The Morgan fingerprint density at radius 1 is 1.13 bits per heavy atom. The lowest BCUT2D eigenvalue weighted by Gasteiger charge is -2.09. The number of hydrogen-bond acceptors (Lipinski definition) is 2. The van der Waals surface area contributed by atoms with Crippen molar-refractivity contribution < 1.29 is 9.53 Å². The molecule has 0 aliphatic heterocycles. The van der Waals surface area contributed by atoms with Crippen LogP contribution >= 0.6 is 0 Å². The summed E-state index contributed by atoms with van der Waals surface area (Å²) in [6.07, 6.45) is 7.38. The fourth-order valence-electron chi connectivity index (χ4n) is 1.46. The van der Waals surface area contributed by atoms with Gasteiger partial charge in [-0.1, -0.05) is 46.5 Å². The Hall–Kier alpha value is -0.530. The molecule has 0 N–H and O–H groups in total. The fraction of sp³-hybridized carbons (Fsp3) is 0.923. The lowest BCUT2D eigenvalue weighted by atomic mass is 9.99. The van der Waals surface area contributed by atoms with Gasteiger partial charge in [-0.25, -0.2) is 0 Å². The highest BCUT2D eigenvalue weighted by Gasteiger charge is 2.07. The van der Waals surface area contributed by atoms with E-state index in [1.54, 1.807) is 0 Å². The van der Waals surface area contributed by atoms with Crippen LogP contribution in [0.2, 0.25) is 0 Å². The molecule has 90 valence electrons. The van der Waals surface area contributed by atoms with Crippen molar-refractivity contribution in [3.8, 4) is 0 Å². The molecule has 0 aromatic heterocycles. The third kappa shape index (κ3) is 9.77. The minimum Gasteiger partial charge on any atom is -0.466 e. The highest BCUT2D eigenvalue weighted by atomic mass is 16.5. The third-order valence-corrected chi connectivity index (χ3v) is 2.65. The molecule has 2 heteroatoms. The van der Waals surface area contributed by atoms with Gasteiger partial charge in [0, 0.05) is 6.42 Å². The van der Waals surface area contributed by atoms with Crippen LogP contribution in [0.25, 0.3) is 0 Å². The SMILES string of the molecule is CCCCOC(=O)CCC(C)CCCC. The average Bonchev–Trinajstić information content (AvgIpc) is 2.24. The van der Waals surface area contributed by atoms with Crippen LogP contribution in [0.4, 0.5) is 0 Å². The van der Waals surface area contributed by atoms with Crippen LogP contribution in [0.1, 0.15) is 65.7 Å². The summed E-state index contributed by atoms with van der Waals surface area (Å²) in [5.74, 6) is 0.635. The summed E-state index contributed by atoms with van der Waals surface area (Å²) < 4.78 is 5.10. The van der Waals surface area contributed by atoms with E-state index in [0.29, 0.717) is 18.9 Å². The van der Waals surface area contributed by atoms with Crippen LogP contribution in [0.5, 0.6) is 0 Å². The standard InChI is InChI=1S/C13H26O2/c1-4-6-8-12(3)9-10-13(14)15-11-7-5-2/h12H,4-11H2,1-3H3. The zero-order valence-corrected chi connectivity index (χ0v) is 10.6. The number of esters is 1. The first-order valence-electron chi connectivity index (χ1n) is 6.36. The quantitative estimate of drug-likeness (QED) is 0.429. The molecule has 0 rings (SSSR count). The van der Waals surface area contributed by atoms with E-state index in [2.05, 4.69) is 20.8 Å². The molecule has 0 amide bonds. The number of rotatable bonds is 9. The van der Waals surface area contributed by atoms with Gasteiger partial charge in [-0.2, -0.15) is 0 Å². The summed E-state index contributed by atoms with van der Waals surface area (Å²) in [6, 6.07) is 0. The summed E-state index contributed by atoms with van der Waals surface area (Å²) in [5.41, 5.74) is 0. The third-order valence-electron chi connectivity index (χ3n) is 2.65. The topological polar surface area (TPSA) is 26.3 Å². The van der Waals surface area contributed by atoms with Crippen molar-refractivity contribution in [2.75, 3.05) is 6.61 Å². The Morgan fingerprint density at radius 3 is 2.40 bits per heavy atom. The average molecular weight is 214 g/mol. The molecule has 0 aromatic rings. The maximum absolute atomic E-state index is 11.3. The van der Waals surface area contributed by atoms with Gasteiger partial charge < -0.3 is 4.74 Å². The van der Waals surface area contributed by atoms with E-state index in [9.17, 15) is 4.79 Å². The van der Waals surface area contributed by atoms with Gasteiger partial charge in [0.2, 0.25) is 0 Å². The smallest absolute Gasteiger partial charge is 0.305 e. The molecular weight excluding hydrogens is 188 g/mol. The van der Waals surface area contributed by atoms with Crippen LogP contribution < -0.4 is 0 Å². The van der Waals surface area contributed by atoms with Crippen molar-refractivity contribution in [1.82, 2.24) is 0 Å². The first kappa shape index (κ1) is 14.5. The number of unbranched alkanes of at least 4 members (excludes halogenated alkanes) is 2. The molecular formula is C13H26O2. The second kappa shape index (κ2) is 10.0. The van der Waals surface area contributed by atoms with Crippen molar-refractivity contribution in [3.05, 3.63) is 0 Å². The predicted molar refractivity (Wildman–Crippen MR) is 63.8 cm³/mol. The van der Waals surface area contributed by atoms with Gasteiger partial charge in [0.25, 0.3) is 0 Å². The molecule has 0 saturated heterocycles. The molecule has 0 saturated carbocycles. The molecule has 2 nitrogen and oxygen atoms in total. The summed E-state index contributed by atoms with van der Waals surface area (Å²) in [4.78, 5) is 11.3. The Bertz CT molecular complexity index is 155. The fourth-order valence-corrected chi connectivity index (χ4v) is 1.46. The Kier molecular flexibility index (Phi) is 9.65. The van der Waals surface area contributed by atoms with Gasteiger partial charge in [-0.05, 0) is 18.8 Å². The van der Waals surface area contributed by atoms with Gasteiger partial charge in [-0.3, -0.25) is 4.79 Å². The minimum atomic E-state index is -0.0215. The van der Waals surface area contributed by atoms with Gasteiger partial charge >= 0.3 is 5.97 Å². The van der Waals surface area contributed by atoms with Gasteiger partial charge in [0.1, 0.15) is 0 Å². The molecule has 1 unspecified atom stereocenters. The number of carbonyl (C=O) groups excluding carboxylic acids is 1. The molecule has 15 heavy (non-hydrogen) atoms. The van der Waals surface area contributed by atoms with E-state index in [1.165, 1.54) is 19.3 Å². The van der Waals surface area contributed by atoms with Crippen LogP contribution in [-0.2, 0) is 9.53 Å². The highest BCUT2D eigenvalue weighted by molar-refractivity contribution is 5.69. The predicted octanol–water partition coefficient (Wildman–Crippen LogP) is 3.94. The monoisotopic (exact) mass is 214 g/mol. The molecule has 0 heterocycles. The van der Waals surface area contributed by atoms with E-state index in [4.69, 9.17) is 4.74 Å². The summed E-state index contributed by atoms with van der Waals surface area (Å²) in [6.45, 7) is 7.11. The number of hydrogen-bond donors (Lipinski definition) is 0. The molecule has 0 aliphatic carbocycles. The zero-order valence-electron chi connectivity index (χ0n) is 10.6. The summed E-state index contributed by atoms with van der Waals surface area (Å²) in [5, 5.41) is 0. The first-order chi connectivity index (χ1) is 7.20. The van der Waals surface area contributed by atoms with Crippen molar-refractivity contribution >= 4 is 5.97 Å². The van der Waals surface area contributed by atoms with E-state index in [1.807, 2.05) is 0 Å². The van der Waals surface area contributed by atoms with E-state index in [-0.39, 0.29) is 5.97 Å². The number of carbonyl (C=O) groups is 1. The van der Waals surface area contributed by atoms with Gasteiger partial charge in [0.05, 0.1) is 6.61 Å². The van der Waals surface area contributed by atoms with Crippen molar-refractivity contribution in [2.24, 2.45) is 5.92 Å². The largest absolute Gasteiger partial charge is 0.466 e. The second-order valence-corrected chi connectivity index (χ2v) is 4.36. The van der Waals surface area contributed by atoms with Crippen molar-refractivity contribution in [3.63, 3.8) is 0 Å². The number of ether oxygens (including phenoxy) is 1. The molecule has 0 bridgehead atoms. The Morgan fingerprint density at radius 2 is 1.80 bits per heavy atom. The van der Waals surface area contributed by atoms with Crippen molar-refractivity contribution in [2.45, 2.75) is 65.7 Å². The summed E-state index contributed by atoms with van der Waals surface area (Å²) >= 11 is 0. The normalized spacial score (nSPS) is 12.5. The van der Waals surface area contributed by atoms with Crippen LogP contribution in [0, 0.1) is 5.92 Å². The van der Waals surface area contributed by atoms with Gasteiger partial charge in [0.15, 0.2) is 0 Å². The first-order valence-corrected chi connectivity index (χ1v) is 6.36. The van der Waals surface area contributed by atoms with Crippen LogP contribution in [-0.4, -0.2) is 12.6 Å². The summed E-state index contributed by atoms with van der Waals surface area (Å²) in [7, 11) is 0. The van der Waals surface area contributed by atoms with E-state index >= 15 is 0 Å².